The van der Waals surface area contributed by atoms with Crippen molar-refractivity contribution in [3.05, 3.63) is 36.7 Å². The van der Waals surface area contributed by atoms with Crippen LogP contribution in [0.25, 0.3) is 10.8 Å². The lowest BCUT2D eigenvalue weighted by Crippen LogP contribution is -2.11. The first-order chi connectivity index (χ1) is 7.31. The van der Waals surface area contributed by atoms with Crippen molar-refractivity contribution < 1.29 is 9.53 Å². The fourth-order valence-electron chi connectivity index (χ4n) is 1.38. The first kappa shape index (κ1) is 9.45. The van der Waals surface area contributed by atoms with Gasteiger partial charge < -0.3 is 4.74 Å². The Labute approximate surface area is 86.9 Å². The predicted molar refractivity (Wildman–Crippen MR) is 57.8 cm³/mol. The maximum Gasteiger partial charge on any atom is 0.411 e. The number of aromatic nitrogens is 1. The maximum atomic E-state index is 11.1. The Hall–Kier alpha value is -2.10. The highest BCUT2D eigenvalue weighted by Crippen LogP contribution is 2.21. The molecule has 0 saturated carbocycles. The molecule has 76 valence electrons. The molecule has 0 radical (unpaired) electrons. The van der Waals surface area contributed by atoms with Crippen LogP contribution in [0.5, 0.6) is 0 Å². The lowest BCUT2D eigenvalue weighted by Gasteiger charge is -2.06. The molecule has 15 heavy (non-hydrogen) atoms. The molecule has 0 saturated heterocycles. The van der Waals surface area contributed by atoms with Crippen molar-refractivity contribution in [3.63, 3.8) is 0 Å². The SMILES string of the molecule is COC(=O)Nc1cccc2ccncc12. The van der Waals surface area contributed by atoms with Crippen LogP contribution >= 0.6 is 0 Å². The minimum Gasteiger partial charge on any atom is -0.453 e. The van der Waals surface area contributed by atoms with Gasteiger partial charge in [-0.15, -0.1) is 0 Å². The summed E-state index contributed by atoms with van der Waals surface area (Å²) in [6.45, 7) is 0. The molecule has 0 fully saturated rings. The van der Waals surface area contributed by atoms with E-state index in [1.807, 2.05) is 18.2 Å². The monoisotopic (exact) mass is 202 g/mol. The molecular weight excluding hydrogens is 192 g/mol. The summed E-state index contributed by atoms with van der Waals surface area (Å²) in [6, 6.07) is 7.52. The summed E-state index contributed by atoms with van der Waals surface area (Å²) in [5.41, 5.74) is 0.701. The van der Waals surface area contributed by atoms with Gasteiger partial charge in [-0.05, 0) is 17.5 Å². The van der Waals surface area contributed by atoms with Crippen molar-refractivity contribution in [1.82, 2.24) is 4.98 Å². The lowest BCUT2D eigenvalue weighted by atomic mass is 10.1. The molecular formula is C11H10N2O2. The van der Waals surface area contributed by atoms with Gasteiger partial charge in [-0.1, -0.05) is 12.1 Å². The number of rotatable bonds is 1. The highest BCUT2D eigenvalue weighted by atomic mass is 16.5. The van der Waals surface area contributed by atoms with Crippen molar-refractivity contribution in [3.8, 4) is 0 Å². The third-order valence-electron chi connectivity index (χ3n) is 2.11. The van der Waals surface area contributed by atoms with Crippen molar-refractivity contribution in [2.75, 3.05) is 12.4 Å². The molecule has 0 aliphatic rings. The largest absolute Gasteiger partial charge is 0.453 e. The molecule has 0 spiro atoms. The molecule has 2 rings (SSSR count). The van der Waals surface area contributed by atoms with Gasteiger partial charge in [0.25, 0.3) is 0 Å². The van der Waals surface area contributed by atoms with Crippen molar-refractivity contribution in [2.45, 2.75) is 0 Å². The number of methoxy groups -OCH3 is 1. The normalized spacial score (nSPS) is 9.93. The third kappa shape index (κ3) is 1.88. The first-order valence-corrected chi connectivity index (χ1v) is 4.49. The number of nitrogens with one attached hydrogen (secondary N) is 1. The topological polar surface area (TPSA) is 51.2 Å². The molecule has 0 aliphatic heterocycles. The second-order valence-corrected chi connectivity index (χ2v) is 3.02. The number of fused-ring (bicyclic) bond motifs is 1. The van der Waals surface area contributed by atoms with Crippen molar-refractivity contribution in [1.29, 1.82) is 0 Å². The molecule has 0 unspecified atom stereocenters. The molecule has 0 atom stereocenters. The quantitative estimate of drug-likeness (QED) is 0.772. The smallest absolute Gasteiger partial charge is 0.411 e. The number of amides is 1. The van der Waals surface area contributed by atoms with Crippen molar-refractivity contribution in [2.24, 2.45) is 0 Å². The van der Waals surface area contributed by atoms with E-state index in [0.29, 0.717) is 5.69 Å². The van der Waals surface area contributed by atoms with Crippen LogP contribution in [0.4, 0.5) is 10.5 Å². The average molecular weight is 202 g/mol. The second-order valence-electron chi connectivity index (χ2n) is 3.02. The van der Waals surface area contributed by atoms with E-state index < -0.39 is 6.09 Å². The summed E-state index contributed by atoms with van der Waals surface area (Å²) < 4.78 is 4.53. The van der Waals surface area contributed by atoms with Crippen LogP contribution in [0.3, 0.4) is 0 Å². The number of hydrogen-bond acceptors (Lipinski definition) is 3. The zero-order valence-electron chi connectivity index (χ0n) is 8.23. The van der Waals surface area contributed by atoms with Gasteiger partial charge in [0.1, 0.15) is 0 Å². The van der Waals surface area contributed by atoms with Crippen LogP contribution in [-0.2, 0) is 4.74 Å². The number of nitrogens with zero attached hydrogens (tertiary/aromatic N) is 1. The van der Waals surface area contributed by atoms with E-state index in [1.54, 1.807) is 18.5 Å². The van der Waals surface area contributed by atoms with Gasteiger partial charge in [-0.3, -0.25) is 10.3 Å². The summed E-state index contributed by atoms with van der Waals surface area (Å²) >= 11 is 0. The number of benzene rings is 1. The number of pyridine rings is 1. The Morgan fingerprint density at radius 2 is 2.27 bits per heavy atom. The molecule has 1 N–H and O–H groups in total. The molecule has 1 amide bonds. The number of anilines is 1. The Balaban J connectivity index is 2.46. The minimum atomic E-state index is -0.480. The van der Waals surface area contributed by atoms with Gasteiger partial charge in [0, 0.05) is 17.8 Å². The summed E-state index contributed by atoms with van der Waals surface area (Å²) in [6.07, 6.45) is 2.94. The van der Waals surface area contributed by atoms with E-state index in [2.05, 4.69) is 15.0 Å². The summed E-state index contributed by atoms with van der Waals surface area (Å²) in [5.74, 6) is 0. The van der Waals surface area contributed by atoms with Crippen LogP contribution in [-0.4, -0.2) is 18.2 Å². The van der Waals surface area contributed by atoms with Gasteiger partial charge >= 0.3 is 6.09 Å². The fourth-order valence-corrected chi connectivity index (χ4v) is 1.38. The van der Waals surface area contributed by atoms with Crippen LogP contribution in [0.2, 0.25) is 0 Å². The predicted octanol–water partition coefficient (Wildman–Crippen LogP) is 2.41. The number of carbonyl (C=O) groups is 1. The highest BCUT2D eigenvalue weighted by molar-refractivity contribution is 5.99. The summed E-state index contributed by atoms with van der Waals surface area (Å²) in [7, 11) is 1.33. The Kier molecular flexibility index (Phi) is 2.49. The molecule has 4 heteroatoms. The minimum absolute atomic E-state index is 0.480. The van der Waals surface area contributed by atoms with E-state index in [-0.39, 0.29) is 0 Å². The summed E-state index contributed by atoms with van der Waals surface area (Å²) in [5, 5.41) is 4.55. The van der Waals surface area contributed by atoms with E-state index in [9.17, 15) is 4.79 Å². The molecule has 1 aromatic heterocycles. The van der Waals surface area contributed by atoms with Crippen LogP contribution in [0.1, 0.15) is 0 Å². The van der Waals surface area contributed by atoms with Gasteiger partial charge in [0.05, 0.1) is 12.8 Å². The first-order valence-electron chi connectivity index (χ1n) is 4.49. The van der Waals surface area contributed by atoms with Gasteiger partial charge in [0.2, 0.25) is 0 Å². The Bertz CT molecular complexity index is 491. The molecule has 0 aliphatic carbocycles. The molecule has 1 heterocycles. The number of carbonyl (C=O) groups excluding carboxylic acids is 1. The van der Waals surface area contributed by atoms with Gasteiger partial charge in [-0.25, -0.2) is 4.79 Å². The van der Waals surface area contributed by atoms with Gasteiger partial charge in [-0.2, -0.15) is 0 Å². The van der Waals surface area contributed by atoms with E-state index >= 15 is 0 Å². The van der Waals surface area contributed by atoms with Crippen LogP contribution in [0, 0.1) is 0 Å². The van der Waals surface area contributed by atoms with E-state index in [1.165, 1.54) is 7.11 Å². The zero-order valence-corrected chi connectivity index (χ0v) is 8.23. The molecule has 1 aromatic carbocycles. The maximum absolute atomic E-state index is 11.1. The van der Waals surface area contributed by atoms with E-state index in [0.717, 1.165) is 10.8 Å². The number of ether oxygens (including phenoxy) is 1. The fraction of sp³-hybridized carbons (Fsp3) is 0.0909. The highest BCUT2D eigenvalue weighted by Gasteiger charge is 2.04. The molecule has 2 aromatic rings. The van der Waals surface area contributed by atoms with Crippen LogP contribution in [0.15, 0.2) is 36.7 Å². The number of hydrogen-bond donors (Lipinski definition) is 1. The summed E-state index contributed by atoms with van der Waals surface area (Å²) in [4.78, 5) is 15.1. The lowest BCUT2D eigenvalue weighted by molar-refractivity contribution is 0.187. The second kappa shape index (κ2) is 3.96. The third-order valence-corrected chi connectivity index (χ3v) is 2.11. The van der Waals surface area contributed by atoms with E-state index in [4.69, 9.17) is 0 Å². The average Bonchev–Trinajstić information content (AvgIpc) is 2.29. The standard InChI is InChI=1S/C11H10N2O2/c1-15-11(14)13-10-4-2-3-8-5-6-12-7-9(8)10/h2-7H,1H3,(H,13,14). The zero-order chi connectivity index (χ0) is 10.7. The van der Waals surface area contributed by atoms with Gasteiger partial charge in [0.15, 0.2) is 0 Å². The molecule has 4 nitrogen and oxygen atoms in total. The van der Waals surface area contributed by atoms with Crippen molar-refractivity contribution >= 4 is 22.6 Å². The Morgan fingerprint density at radius 1 is 1.40 bits per heavy atom. The molecule has 0 bridgehead atoms. The van der Waals surface area contributed by atoms with Crippen LogP contribution < -0.4 is 5.32 Å². The Morgan fingerprint density at radius 3 is 3.07 bits per heavy atom.